The van der Waals surface area contributed by atoms with Crippen LogP contribution in [0.2, 0.25) is 0 Å². The van der Waals surface area contributed by atoms with Crippen molar-refractivity contribution in [1.29, 1.82) is 0 Å². The van der Waals surface area contributed by atoms with E-state index in [4.69, 9.17) is 12.3 Å². The van der Waals surface area contributed by atoms with Crippen LogP contribution >= 0.6 is 0 Å². The maximum absolute atomic E-state index is 12.9. The van der Waals surface area contributed by atoms with E-state index in [0.29, 0.717) is 35.7 Å². The summed E-state index contributed by atoms with van der Waals surface area (Å²) in [4.78, 5) is 32.4. The lowest BCUT2D eigenvalue weighted by Gasteiger charge is -2.28. The van der Waals surface area contributed by atoms with Crippen molar-refractivity contribution in [3.05, 3.63) is 76.8 Å². The van der Waals surface area contributed by atoms with Crippen molar-refractivity contribution < 1.29 is 9.59 Å². The molecule has 3 aromatic rings. The lowest BCUT2D eigenvalue weighted by Crippen LogP contribution is -2.40. The van der Waals surface area contributed by atoms with Crippen molar-refractivity contribution in [3.8, 4) is 11.3 Å². The molecule has 162 valence electrons. The van der Waals surface area contributed by atoms with E-state index in [1.165, 1.54) is 0 Å². The fourth-order valence-corrected chi connectivity index (χ4v) is 3.90. The maximum atomic E-state index is 12.9. The topological polar surface area (TPSA) is 88.8 Å². The predicted octanol–water partition coefficient (Wildman–Crippen LogP) is 2.85. The lowest BCUT2D eigenvalue weighted by molar-refractivity contribution is -0.132. The lowest BCUT2D eigenvalue weighted by atomic mass is 10.0. The van der Waals surface area contributed by atoms with Crippen LogP contribution in [0.15, 0.2) is 48.5 Å². The number of amides is 2. The van der Waals surface area contributed by atoms with E-state index in [2.05, 4.69) is 9.94 Å². The molecule has 2 heterocycles. The Morgan fingerprint density at radius 1 is 1.16 bits per heavy atom. The van der Waals surface area contributed by atoms with E-state index in [9.17, 15) is 9.59 Å². The summed E-state index contributed by atoms with van der Waals surface area (Å²) < 4.78 is 1.78. The number of primary amides is 1. The van der Waals surface area contributed by atoms with Crippen molar-refractivity contribution >= 4 is 23.2 Å². The Morgan fingerprint density at radius 3 is 2.56 bits per heavy atom. The highest BCUT2D eigenvalue weighted by Crippen LogP contribution is 2.30. The number of carbonyl (C=O) groups excluding carboxylic acids is 2. The second-order valence-corrected chi connectivity index (χ2v) is 7.97. The van der Waals surface area contributed by atoms with Gasteiger partial charge >= 0.3 is 0 Å². The van der Waals surface area contributed by atoms with Crippen LogP contribution < -0.4 is 10.6 Å². The quantitative estimate of drug-likeness (QED) is 0.633. The van der Waals surface area contributed by atoms with Crippen LogP contribution in [-0.2, 0) is 24.3 Å². The second kappa shape index (κ2) is 8.55. The average molecular weight is 428 g/mol. The molecule has 0 unspecified atom stereocenters. The molecular formula is C24H24N6O2. The number of rotatable bonds is 5. The zero-order valence-electron chi connectivity index (χ0n) is 18.1. The van der Waals surface area contributed by atoms with Crippen LogP contribution in [0.5, 0.6) is 0 Å². The summed E-state index contributed by atoms with van der Waals surface area (Å²) in [5.41, 5.74) is 10.5. The molecule has 8 nitrogen and oxygen atoms in total. The maximum Gasteiger partial charge on any atom is 0.252 e. The van der Waals surface area contributed by atoms with Crippen molar-refractivity contribution in [1.82, 2.24) is 14.7 Å². The summed E-state index contributed by atoms with van der Waals surface area (Å²) in [6.45, 7) is 8.31. The van der Waals surface area contributed by atoms with E-state index in [0.717, 1.165) is 16.8 Å². The molecule has 0 radical (unpaired) electrons. The fourth-order valence-electron chi connectivity index (χ4n) is 3.90. The number of benzene rings is 2. The molecule has 0 bridgehead atoms. The zero-order chi connectivity index (χ0) is 22.8. The molecule has 0 saturated carbocycles. The van der Waals surface area contributed by atoms with Crippen LogP contribution in [0.3, 0.4) is 0 Å². The first-order chi connectivity index (χ1) is 15.4. The number of nitrogens with two attached hydrogens (primary N) is 1. The van der Waals surface area contributed by atoms with Gasteiger partial charge in [-0.05, 0) is 17.7 Å². The predicted molar refractivity (Wildman–Crippen MR) is 122 cm³/mol. The first-order valence-electron chi connectivity index (χ1n) is 10.3. The third-order valence-electron chi connectivity index (χ3n) is 5.64. The van der Waals surface area contributed by atoms with E-state index in [1.807, 2.05) is 43.3 Å². The molecule has 0 fully saturated rings. The smallest absolute Gasteiger partial charge is 0.252 e. The van der Waals surface area contributed by atoms with Crippen LogP contribution in [0.4, 0.5) is 11.4 Å². The van der Waals surface area contributed by atoms with Crippen molar-refractivity contribution in [2.45, 2.75) is 19.5 Å². The summed E-state index contributed by atoms with van der Waals surface area (Å²) in [6, 6.07) is 14.8. The van der Waals surface area contributed by atoms with Gasteiger partial charge in [0, 0.05) is 31.9 Å². The minimum Gasteiger partial charge on any atom is -0.378 e. The molecule has 0 atom stereocenters. The van der Waals surface area contributed by atoms with Gasteiger partial charge in [-0.3, -0.25) is 14.3 Å². The molecule has 2 amide bonds. The van der Waals surface area contributed by atoms with Crippen molar-refractivity contribution in [2.24, 2.45) is 5.73 Å². The summed E-state index contributed by atoms with van der Waals surface area (Å²) in [5, 5.41) is 4.67. The number of anilines is 1. The molecule has 0 aliphatic carbocycles. The Morgan fingerprint density at radius 2 is 1.91 bits per heavy atom. The summed E-state index contributed by atoms with van der Waals surface area (Å²) >= 11 is 0. The molecule has 8 heteroatoms. The second-order valence-electron chi connectivity index (χ2n) is 7.97. The summed E-state index contributed by atoms with van der Waals surface area (Å²) in [5.74, 6) is -0.597. The molecule has 0 saturated heterocycles. The summed E-state index contributed by atoms with van der Waals surface area (Å²) in [7, 11) is 3.90. The van der Waals surface area contributed by atoms with Crippen LogP contribution in [0.25, 0.3) is 16.1 Å². The fraction of sp³-hybridized carbons (Fsp3) is 0.250. The van der Waals surface area contributed by atoms with Gasteiger partial charge in [-0.1, -0.05) is 36.4 Å². The average Bonchev–Trinajstić information content (AvgIpc) is 3.18. The number of fused-ring (bicyclic) bond motifs is 1. The van der Waals surface area contributed by atoms with E-state index in [-0.39, 0.29) is 18.9 Å². The minimum atomic E-state index is -0.555. The Labute approximate surface area is 186 Å². The van der Waals surface area contributed by atoms with Gasteiger partial charge in [0.1, 0.15) is 5.69 Å². The van der Waals surface area contributed by atoms with Gasteiger partial charge in [0.25, 0.3) is 5.91 Å². The Hall–Kier alpha value is -4.12. The monoisotopic (exact) mass is 428 g/mol. The normalized spacial score (nSPS) is 12.7. The minimum absolute atomic E-state index is 0.0420. The molecule has 0 spiro atoms. The highest BCUT2D eigenvalue weighted by atomic mass is 16.2. The standard InChI is InChI=1S/C24H24N6O2/c1-26-18-9-7-16(8-10-18)13-21(31)29-11-12-30-20(15-29)22(24(25)32)23(27-30)17-5-4-6-19(14-17)28(2)3/h4-10,14H,11-13,15H2,2-3H3,(H2,25,32). The first kappa shape index (κ1) is 21.1. The highest BCUT2D eigenvalue weighted by Gasteiger charge is 2.29. The Balaban J connectivity index is 1.61. The number of nitrogens with zero attached hydrogens (tertiary/aromatic N) is 5. The van der Waals surface area contributed by atoms with Gasteiger partial charge in [-0.2, -0.15) is 5.10 Å². The molecule has 2 aromatic carbocycles. The first-order valence-corrected chi connectivity index (χ1v) is 10.3. The van der Waals surface area contributed by atoms with E-state index < -0.39 is 5.91 Å². The molecule has 1 aromatic heterocycles. The van der Waals surface area contributed by atoms with Gasteiger partial charge in [0.15, 0.2) is 5.69 Å². The molecule has 32 heavy (non-hydrogen) atoms. The molecule has 1 aliphatic rings. The molecule has 2 N–H and O–H groups in total. The third-order valence-corrected chi connectivity index (χ3v) is 5.64. The molecule has 4 rings (SSSR count). The van der Waals surface area contributed by atoms with Crippen LogP contribution in [0, 0.1) is 6.57 Å². The molecule has 1 aliphatic heterocycles. The Bertz CT molecular complexity index is 1220. The number of hydrogen-bond donors (Lipinski definition) is 1. The van der Waals surface area contributed by atoms with Gasteiger partial charge < -0.3 is 15.5 Å². The van der Waals surface area contributed by atoms with Gasteiger partial charge in [-0.15, -0.1) is 0 Å². The zero-order valence-corrected chi connectivity index (χ0v) is 18.1. The summed E-state index contributed by atoms with van der Waals surface area (Å²) in [6.07, 6.45) is 0.232. The molecular weight excluding hydrogens is 404 g/mol. The van der Waals surface area contributed by atoms with Gasteiger partial charge in [-0.25, -0.2) is 4.85 Å². The number of hydrogen-bond acceptors (Lipinski definition) is 4. The third kappa shape index (κ3) is 4.05. The number of aromatic nitrogens is 2. The van der Waals surface area contributed by atoms with E-state index >= 15 is 0 Å². The van der Waals surface area contributed by atoms with Gasteiger partial charge in [0.05, 0.1) is 37.3 Å². The van der Waals surface area contributed by atoms with Crippen molar-refractivity contribution in [2.75, 3.05) is 25.5 Å². The highest BCUT2D eigenvalue weighted by molar-refractivity contribution is 6.00. The van der Waals surface area contributed by atoms with Gasteiger partial charge in [0.2, 0.25) is 5.91 Å². The largest absolute Gasteiger partial charge is 0.378 e. The van der Waals surface area contributed by atoms with E-state index in [1.54, 1.807) is 33.8 Å². The number of carbonyl (C=O) groups is 2. The van der Waals surface area contributed by atoms with Crippen molar-refractivity contribution in [3.63, 3.8) is 0 Å². The van der Waals surface area contributed by atoms with Crippen LogP contribution in [0.1, 0.15) is 21.6 Å². The van der Waals surface area contributed by atoms with Crippen LogP contribution in [-0.4, -0.2) is 47.1 Å². The Kier molecular flexibility index (Phi) is 5.65. The SMILES string of the molecule is [C-]#[N+]c1ccc(CC(=O)N2CCn3nc(-c4cccc(N(C)C)c4)c(C(N)=O)c3C2)cc1.